The van der Waals surface area contributed by atoms with Crippen molar-refractivity contribution in [1.82, 2.24) is 25.0 Å². The zero-order valence-electron chi connectivity index (χ0n) is 14.3. The van der Waals surface area contributed by atoms with Gasteiger partial charge in [0.25, 0.3) is 5.91 Å². The van der Waals surface area contributed by atoms with Crippen LogP contribution in [0.2, 0.25) is 0 Å². The fraction of sp³-hybridized carbons (Fsp3) is 0.471. The molecule has 1 aliphatic heterocycles. The number of carbonyl (C=O) groups is 1. The van der Waals surface area contributed by atoms with E-state index in [9.17, 15) is 4.79 Å². The van der Waals surface area contributed by atoms with Gasteiger partial charge >= 0.3 is 0 Å². The molecule has 1 fully saturated rings. The van der Waals surface area contributed by atoms with Crippen LogP contribution >= 0.6 is 24.8 Å². The molecule has 0 bridgehead atoms. The number of pyridine rings is 1. The first-order valence-corrected chi connectivity index (χ1v) is 8.24. The Morgan fingerprint density at radius 1 is 1.28 bits per heavy atom. The monoisotopic (exact) mass is 385 g/mol. The minimum atomic E-state index is 0. The number of piperidine rings is 1. The van der Waals surface area contributed by atoms with E-state index < -0.39 is 0 Å². The molecule has 1 aliphatic rings. The topological polar surface area (TPSA) is 63.1 Å². The minimum absolute atomic E-state index is 0. The van der Waals surface area contributed by atoms with E-state index in [1.165, 1.54) is 0 Å². The summed E-state index contributed by atoms with van der Waals surface area (Å²) in [4.78, 5) is 18.8. The second-order valence-corrected chi connectivity index (χ2v) is 5.89. The molecule has 0 radical (unpaired) electrons. The third-order valence-electron chi connectivity index (χ3n) is 4.32. The summed E-state index contributed by atoms with van der Waals surface area (Å²) < 4.78 is 1.74. The highest BCUT2D eigenvalue weighted by atomic mass is 35.5. The number of hydrogen-bond donors (Lipinski definition) is 1. The second-order valence-electron chi connectivity index (χ2n) is 5.89. The van der Waals surface area contributed by atoms with Crippen molar-refractivity contribution in [3.05, 3.63) is 42.5 Å². The molecule has 0 unspecified atom stereocenters. The highest BCUT2D eigenvalue weighted by Gasteiger charge is 2.24. The quantitative estimate of drug-likeness (QED) is 0.858. The fourth-order valence-corrected chi connectivity index (χ4v) is 2.95. The largest absolute Gasteiger partial charge is 0.337 e. The van der Waals surface area contributed by atoms with E-state index in [0.29, 0.717) is 11.6 Å². The van der Waals surface area contributed by atoms with Gasteiger partial charge in [-0.3, -0.25) is 9.78 Å². The van der Waals surface area contributed by atoms with Crippen LogP contribution in [0.5, 0.6) is 0 Å². The normalized spacial score (nSPS) is 14.5. The molecule has 3 rings (SSSR count). The summed E-state index contributed by atoms with van der Waals surface area (Å²) in [6.45, 7) is 5.79. The van der Waals surface area contributed by atoms with Crippen molar-refractivity contribution in [2.75, 3.05) is 26.2 Å². The van der Waals surface area contributed by atoms with Crippen molar-refractivity contribution in [3.63, 3.8) is 0 Å². The molecule has 8 heteroatoms. The highest BCUT2D eigenvalue weighted by Crippen LogP contribution is 2.18. The first kappa shape index (κ1) is 21.4. The first-order chi connectivity index (χ1) is 11.3. The number of amides is 1. The summed E-state index contributed by atoms with van der Waals surface area (Å²) in [6.07, 6.45) is 7.35. The molecule has 0 atom stereocenters. The Morgan fingerprint density at radius 2 is 2.04 bits per heavy atom. The number of nitrogens with one attached hydrogen (secondary N) is 1. The van der Waals surface area contributed by atoms with Crippen LogP contribution in [0.25, 0.3) is 5.69 Å². The van der Waals surface area contributed by atoms with Gasteiger partial charge < -0.3 is 10.2 Å². The van der Waals surface area contributed by atoms with Gasteiger partial charge in [0.1, 0.15) is 5.69 Å². The third kappa shape index (κ3) is 5.42. The summed E-state index contributed by atoms with van der Waals surface area (Å²) in [7, 11) is 0. The predicted molar refractivity (Wildman–Crippen MR) is 103 cm³/mol. The Hall–Kier alpha value is -1.63. The molecule has 138 valence electrons. The van der Waals surface area contributed by atoms with Crippen molar-refractivity contribution >= 4 is 30.7 Å². The summed E-state index contributed by atoms with van der Waals surface area (Å²) in [5.41, 5.74) is 1.35. The number of halogens is 2. The molecule has 0 spiro atoms. The lowest BCUT2D eigenvalue weighted by Gasteiger charge is -2.32. The molecule has 6 nitrogen and oxygen atoms in total. The maximum Gasteiger partial charge on any atom is 0.272 e. The second kappa shape index (κ2) is 10.4. The zero-order chi connectivity index (χ0) is 16.1. The molecule has 1 amide bonds. The van der Waals surface area contributed by atoms with Crippen LogP contribution in [-0.4, -0.2) is 51.8 Å². The van der Waals surface area contributed by atoms with Crippen LogP contribution in [0.4, 0.5) is 0 Å². The maximum atomic E-state index is 12.7. The van der Waals surface area contributed by atoms with E-state index in [4.69, 9.17) is 0 Å². The molecule has 25 heavy (non-hydrogen) atoms. The van der Waals surface area contributed by atoms with Crippen LogP contribution in [-0.2, 0) is 0 Å². The molecule has 0 aromatic carbocycles. The van der Waals surface area contributed by atoms with Crippen LogP contribution in [0, 0.1) is 5.92 Å². The van der Waals surface area contributed by atoms with Crippen molar-refractivity contribution in [2.45, 2.75) is 19.8 Å². The Morgan fingerprint density at radius 3 is 2.68 bits per heavy atom. The van der Waals surface area contributed by atoms with Gasteiger partial charge in [0.2, 0.25) is 0 Å². The maximum absolute atomic E-state index is 12.7. The number of carbonyl (C=O) groups excluding carboxylic acids is 1. The Bertz CT molecular complexity index is 642. The Kier molecular flexibility index (Phi) is 8.89. The SMILES string of the molecule is CCNCC1CCN(C(=O)c2cc(-n3cccn3)ccn2)CC1.Cl.Cl. The van der Waals surface area contributed by atoms with E-state index in [1.54, 1.807) is 23.1 Å². The Balaban J connectivity index is 0.00000156. The van der Waals surface area contributed by atoms with Crippen LogP contribution < -0.4 is 5.32 Å². The number of rotatable bonds is 5. The van der Waals surface area contributed by atoms with E-state index in [2.05, 4.69) is 22.3 Å². The van der Waals surface area contributed by atoms with Gasteiger partial charge in [-0.05, 0) is 50.0 Å². The van der Waals surface area contributed by atoms with E-state index >= 15 is 0 Å². The zero-order valence-corrected chi connectivity index (χ0v) is 15.9. The predicted octanol–water partition coefficient (Wildman–Crippen LogP) is 2.57. The molecule has 1 N–H and O–H groups in total. The average molecular weight is 386 g/mol. The van der Waals surface area contributed by atoms with Crippen LogP contribution in [0.3, 0.4) is 0 Å². The summed E-state index contributed by atoms with van der Waals surface area (Å²) in [5, 5.41) is 7.59. The standard InChI is InChI=1S/C17H23N5O.2ClH/c1-2-18-13-14-5-10-21(11-6-14)17(23)16-12-15(4-8-19-16)22-9-3-7-20-22;;/h3-4,7-9,12,14,18H,2,5-6,10-11,13H2,1H3;2*1H. The highest BCUT2D eigenvalue weighted by molar-refractivity contribution is 5.92. The molecule has 1 saturated heterocycles. The summed E-state index contributed by atoms with van der Waals surface area (Å²) in [6, 6.07) is 5.52. The van der Waals surface area contributed by atoms with Crippen LogP contribution in [0.15, 0.2) is 36.8 Å². The number of likely N-dealkylation sites (tertiary alicyclic amines) is 1. The minimum Gasteiger partial charge on any atom is -0.337 e. The summed E-state index contributed by atoms with van der Waals surface area (Å²) in [5.74, 6) is 0.684. The van der Waals surface area contributed by atoms with Crippen molar-refractivity contribution in [3.8, 4) is 5.69 Å². The average Bonchev–Trinajstić information content (AvgIpc) is 3.14. The lowest BCUT2D eigenvalue weighted by Crippen LogP contribution is -2.41. The molecule has 2 aromatic rings. The van der Waals surface area contributed by atoms with E-state index in [1.807, 2.05) is 23.2 Å². The molecule has 2 aromatic heterocycles. The van der Waals surface area contributed by atoms with Gasteiger partial charge in [-0.1, -0.05) is 6.92 Å². The van der Waals surface area contributed by atoms with Crippen LogP contribution in [0.1, 0.15) is 30.3 Å². The van der Waals surface area contributed by atoms with Gasteiger partial charge in [0.15, 0.2) is 0 Å². The van der Waals surface area contributed by atoms with Crippen molar-refractivity contribution < 1.29 is 4.79 Å². The Labute approximate surface area is 160 Å². The first-order valence-electron chi connectivity index (χ1n) is 8.24. The lowest BCUT2D eigenvalue weighted by molar-refractivity contribution is 0.0684. The fourth-order valence-electron chi connectivity index (χ4n) is 2.95. The number of aromatic nitrogens is 3. The molecular formula is C17H25Cl2N5O. The number of nitrogens with zero attached hydrogens (tertiary/aromatic N) is 4. The van der Waals surface area contributed by atoms with Gasteiger partial charge in [-0.25, -0.2) is 4.68 Å². The van der Waals surface area contributed by atoms with Gasteiger partial charge in [0, 0.05) is 31.7 Å². The molecular weight excluding hydrogens is 361 g/mol. The van der Waals surface area contributed by atoms with Crippen molar-refractivity contribution in [1.29, 1.82) is 0 Å². The molecule has 0 saturated carbocycles. The van der Waals surface area contributed by atoms with E-state index in [0.717, 1.165) is 44.7 Å². The van der Waals surface area contributed by atoms with Gasteiger partial charge in [-0.15, -0.1) is 24.8 Å². The van der Waals surface area contributed by atoms with Gasteiger partial charge in [0.05, 0.1) is 5.69 Å². The molecule has 0 aliphatic carbocycles. The van der Waals surface area contributed by atoms with Gasteiger partial charge in [-0.2, -0.15) is 5.10 Å². The third-order valence-corrected chi connectivity index (χ3v) is 4.32. The summed E-state index contributed by atoms with van der Waals surface area (Å²) >= 11 is 0. The van der Waals surface area contributed by atoms with E-state index in [-0.39, 0.29) is 30.7 Å². The smallest absolute Gasteiger partial charge is 0.272 e. The number of hydrogen-bond acceptors (Lipinski definition) is 4. The van der Waals surface area contributed by atoms with Crippen molar-refractivity contribution in [2.24, 2.45) is 5.92 Å². The lowest BCUT2D eigenvalue weighted by atomic mass is 9.96. The molecule has 3 heterocycles.